The molecule has 138 valence electrons. The second kappa shape index (κ2) is 8.16. The van der Waals surface area contributed by atoms with Crippen LogP contribution in [0.15, 0.2) is 36.5 Å². The number of hydrogen-bond acceptors (Lipinski definition) is 2. The van der Waals surface area contributed by atoms with E-state index < -0.39 is 0 Å². The molecule has 1 heterocycles. The molecule has 25 heavy (non-hydrogen) atoms. The second-order valence-electron chi connectivity index (χ2n) is 9.12. The highest BCUT2D eigenvalue weighted by molar-refractivity contribution is 5.22. The molecule has 2 rings (SSSR count). The lowest BCUT2D eigenvalue weighted by molar-refractivity contribution is 0.253. The Kier molecular flexibility index (Phi) is 6.42. The van der Waals surface area contributed by atoms with E-state index in [9.17, 15) is 0 Å². The van der Waals surface area contributed by atoms with Crippen molar-refractivity contribution >= 4 is 0 Å². The lowest BCUT2D eigenvalue weighted by Crippen LogP contribution is -2.28. The normalized spacial score (nSPS) is 13.8. The van der Waals surface area contributed by atoms with Crippen molar-refractivity contribution in [2.24, 2.45) is 10.8 Å². The number of rotatable bonds is 8. The van der Waals surface area contributed by atoms with Crippen LogP contribution >= 0.6 is 0 Å². The molecule has 1 aromatic heterocycles. The van der Waals surface area contributed by atoms with Gasteiger partial charge in [-0.3, -0.25) is 0 Å². The summed E-state index contributed by atoms with van der Waals surface area (Å²) >= 11 is 0. The maximum atomic E-state index is 4.48. The first-order valence-corrected chi connectivity index (χ1v) is 9.68. The highest BCUT2D eigenvalue weighted by atomic mass is 15.4. The minimum absolute atomic E-state index is 0.0747. The molecule has 0 aliphatic carbocycles. The number of aromatic nitrogens is 3. The van der Waals surface area contributed by atoms with Gasteiger partial charge < -0.3 is 0 Å². The summed E-state index contributed by atoms with van der Waals surface area (Å²) in [4.78, 5) is 0. The van der Waals surface area contributed by atoms with E-state index in [0.29, 0.717) is 5.41 Å². The van der Waals surface area contributed by atoms with Gasteiger partial charge in [-0.05, 0) is 42.1 Å². The van der Waals surface area contributed by atoms with Crippen molar-refractivity contribution < 1.29 is 0 Å². The van der Waals surface area contributed by atoms with Gasteiger partial charge in [-0.15, -0.1) is 5.10 Å². The van der Waals surface area contributed by atoms with E-state index in [1.807, 2.05) is 6.20 Å². The summed E-state index contributed by atoms with van der Waals surface area (Å²) in [5.74, 6) is 0. The van der Waals surface area contributed by atoms with Crippen LogP contribution in [0.25, 0.3) is 0 Å². The number of nitrogens with zero attached hydrogens (tertiary/aromatic N) is 3. The van der Waals surface area contributed by atoms with Crippen LogP contribution in [0.5, 0.6) is 0 Å². The highest BCUT2D eigenvalue weighted by Crippen LogP contribution is 2.37. The summed E-state index contributed by atoms with van der Waals surface area (Å²) in [6.07, 6.45) is 7.98. The predicted octanol–water partition coefficient (Wildman–Crippen LogP) is 6.06. The molecule has 0 saturated carbocycles. The number of benzene rings is 1. The van der Waals surface area contributed by atoms with Crippen LogP contribution < -0.4 is 0 Å². The van der Waals surface area contributed by atoms with Crippen LogP contribution in [0.2, 0.25) is 0 Å². The molecule has 1 unspecified atom stereocenters. The summed E-state index contributed by atoms with van der Waals surface area (Å²) in [5, 5.41) is 8.72. The first kappa shape index (κ1) is 19.7. The fraction of sp³-hybridized carbons (Fsp3) is 0.636. The quantitative estimate of drug-likeness (QED) is 0.584. The third-order valence-electron chi connectivity index (χ3n) is 5.04. The maximum absolute atomic E-state index is 4.48. The monoisotopic (exact) mass is 341 g/mol. The molecule has 0 aliphatic rings. The standard InChI is InChI=1S/C22H35N3/c1-7-15-22(5,6)16-11-14-19-17-23-24-25(19)20(21(2,3)4)18-12-9-8-10-13-18/h8-10,12-13,17,20H,7,11,14-16H2,1-6H3. The minimum Gasteiger partial charge on any atom is -0.241 e. The molecule has 0 radical (unpaired) electrons. The Labute approximate surface area is 153 Å². The average molecular weight is 342 g/mol. The van der Waals surface area contributed by atoms with Crippen molar-refractivity contribution in [1.82, 2.24) is 15.0 Å². The van der Waals surface area contributed by atoms with E-state index in [0.717, 1.165) is 6.42 Å². The average Bonchev–Trinajstić information content (AvgIpc) is 2.95. The van der Waals surface area contributed by atoms with Gasteiger partial charge in [0.2, 0.25) is 0 Å². The molecule has 2 aromatic rings. The van der Waals surface area contributed by atoms with Crippen molar-refractivity contribution in [3.8, 4) is 0 Å². The summed E-state index contributed by atoms with van der Waals surface area (Å²) in [6, 6.07) is 10.9. The first-order chi connectivity index (χ1) is 11.7. The van der Waals surface area contributed by atoms with Crippen LogP contribution in [-0.4, -0.2) is 15.0 Å². The molecule has 3 nitrogen and oxygen atoms in total. The smallest absolute Gasteiger partial charge is 0.0837 e. The summed E-state index contributed by atoms with van der Waals surface area (Å²) in [6.45, 7) is 13.9. The van der Waals surface area contributed by atoms with E-state index in [4.69, 9.17) is 0 Å². The molecular weight excluding hydrogens is 306 g/mol. The second-order valence-corrected chi connectivity index (χ2v) is 9.12. The zero-order chi connectivity index (χ0) is 18.5. The Morgan fingerprint density at radius 1 is 1.00 bits per heavy atom. The lowest BCUT2D eigenvalue weighted by Gasteiger charge is -2.32. The summed E-state index contributed by atoms with van der Waals surface area (Å²) in [5.41, 5.74) is 3.05. The molecule has 0 N–H and O–H groups in total. The zero-order valence-electron chi connectivity index (χ0n) is 16.9. The molecule has 0 fully saturated rings. The maximum Gasteiger partial charge on any atom is 0.0837 e. The molecule has 0 spiro atoms. The van der Waals surface area contributed by atoms with Gasteiger partial charge in [-0.1, -0.05) is 83.5 Å². The van der Waals surface area contributed by atoms with Gasteiger partial charge in [0.15, 0.2) is 0 Å². The van der Waals surface area contributed by atoms with Crippen molar-refractivity contribution in [3.63, 3.8) is 0 Å². The van der Waals surface area contributed by atoms with Crippen LogP contribution in [0, 0.1) is 10.8 Å². The fourth-order valence-corrected chi connectivity index (χ4v) is 3.85. The van der Waals surface area contributed by atoms with Gasteiger partial charge in [-0.2, -0.15) is 0 Å². The topological polar surface area (TPSA) is 30.7 Å². The molecule has 0 aliphatic heterocycles. The lowest BCUT2D eigenvalue weighted by atomic mass is 9.81. The van der Waals surface area contributed by atoms with E-state index in [2.05, 4.69) is 86.9 Å². The molecular formula is C22H35N3. The third kappa shape index (κ3) is 5.42. The third-order valence-corrected chi connectivity index (χ3v) is 5.04. The van der Waals surface area contributed by atoms with Gasteiger partial charge in [0, 0.05) is 0 Å². The minimum atomic E-state index is 0.0747. The van der Waals surface area contributed by atoms with Gasteiger partial charge in [0.25, 0.3) is 0 Å². The Bertz CT molecular complexity index is 635. The molecule has 0 amide bonds. The molecule has 3 heteroatoms. The molecule has 1 atom stereocenters. The largest absolute Gasteiger partial charge is 0.241 e. The number of aryl methyl sites for hydroxylation is 1. The van der Waals surface area contributed by atoms with E-state index in [1.165, 1.54) is 36.9 Å². The molecule has 0 bridgehead atoms. The van der Waals surface area contributed by atoms with Crippen molar-refractivity contribution in [2.45, 2.75) is 79.7 Å². The van der Waals surface area contributed by atoms with Crippen LogP contribution in [0.3, 0.4) is 0 Å². The van der Waals surface area contributed by atoms with Gasteiger partial charge >= 0.3 is 0 Å². The van der Waals surface area contributed by atoms with Crippen molar-refractivity contribution in [2.75, 3.05) is 0 Å². The van der Waals surface area contributed by atoms with Crippen molar-refractivity contribution in [1.29, 1.82) is 0 Å². The first-order valence-electron chi connectivity index (χ1n) is 9.68. The van der Waals surface area contributed by atoms with Crippen molar-refractivity contribution in [3.05, 3.63) is 47.8 Å². The van der Waals surface area contributed by atoms with Gasteiger partial charge in [0.05, 0.1) is 17.9 Å². The fourth-order valence-electron chi connectivity index (χ4n) is 3.85. The Morgan fingerprint density at radius 3 is 2.28 bits per heavy atom. The summed E-state index contributed by atoms with van der Waals surface area (Å²) in [7, 11) is 0. The van der Waals surface area contributed by atoms with Crippen LogP contribution in [-0.2, 0) is 6.42 Å². The zero-order valence-corrected chi connectivity index (χ0v) is 16.9. The number of hydrogen-bond donors (Lipinski definition) is 0. The Morgan fingerprint density at radius 2 is 1.68 bits per heavy atom. The van der Waals surface area contributed by atoms with Gasteiger partial charge in [-0.25, -0.2) is 4.68 Å². The Balaban J connectivity index is 2.18. The van der Waals surface area contributed by atoms with E-state index in [1.54, 1.807) is 0 Å². The van der Waals surface area contributed by atoms with Crippen LogP contribution in [0.4, 0.5) is 0 Å². The van der Waals surface area contributed by atoms with E-state index >= 15 is 0 Å². The Hall–Kier alpha value is -1.64. The predicted molar refractivity (Wildman–Crippen MR) is 106 cm³/mol. The van der Waals surface area contributed by atoms with Gasteiger partial charge in [0.1, 0.15) is 0 Å². The molecule has 1 aromatic carbocycles. The molecule has 0 saturated heterocycles. The highest BCUT2D eigenvalue weighted by Gasteiger charge is 2.30. The summed E-state index contributed by atoms with van der Waals surface area (Å²) < 4.78 is 2.15. The van der Waals surface area contributed by atoms with E-state index in [-0.39, 0.29) is 11.5 Å². The SMILES string of the molecule is CCCC(C)(C)CCCc1cnnn1C(c1ccccc1)C(C)(C)C. The van der Waals surface area contributed by atoms with Crippen LogP contribution in [0.1, 0.15) is 84.5 Å².